The van der Waals surface area contributed by atoms with Gasteiger partial charge in [0.25, 0.3) is 5.91 Å². The first-order chi connectivity index (χ1) is 19.1. The summed E-state index contributed by atoms with van der Waals surface area (Å²) in [7, 11) is 3.33. The molecule has 0 atom stereocenters. The lowest BCUT2D eigenvalue weighted by atomic mass is 9.97. The standard InChI is InChI=1S/C32H35N3O3S/c1-22-28(31(36)33-18-17-23-7-5-4-6-8-23)19-30(35(22)20-24-9-13-26(37-2)14-10-24)29-21-39-32(34-29)25-11-15-27(38-3)16-12-25/h7,9-16,19,21H,4-6,8,17-18,20H2,1-3H3,(H,33,36). The van der Waals surface area contributed by atoms with Gasteiger partial charge >= 0.3 is 0 Å². The Morgan fingerprint density at radius 2 is 1.74 bits per heavy atom. The summed E-state index contributed by atoms with van der Waals surface area (Å²) < 4.78 is 12.8. The number of thiazole rings is 1. The maximum atomic E-state index is 13.3. The molecule has 2 aromatic heterocycles. The summed E-state index contributed by atoms with van der Waals surface area (Å²) in [5.74, 6) is 1.60. The number of hydrogen-bond acceptors (Lipinski definition) is 5. The molecule has 1 N–H and O–H groups in total. The van der Waals surface area contributed by atoms with Crippen LogP contribution in [0.1, 0.15) is 53.7 Å². The Bertz CT molecular complexity index is 1450. The minimum absolute atomic E-state index is 0.0377. The highest BCUT2D eigenvalue weighted by Crippen LogP contribution is 2.33. The molecule has 7 heteroatoms. The van der Waals surface area contributed by atoms with Gasteiger partial charge in [0.15, 0.2) is 0 Å². The van der Waals surface area contributed by atoms with Crippen molar-refractivity contribution >= 4 is 17.2 Å². The van der Waals surface area contributed by atoms with Gasteiger partial charge in [-0.2, -0.15) is 0 Å². The van der Waals surface area contributed by atoms with Crippen LogP contribution in [0.25, 0.3) is 22.0 Å². The number of benzene rings is 2. The Kier molecular flexibility index (Phi) is 8.47. The molecule has 2 aromatic carbocycles. The average Bonchev–Trinajstić information content (AvgIpc) is 3.59. The molecule has 0 saturated heterocycles. The summed E-state index contributed by atoms with van der Waals surface area (Å²) >= 11 is 1.60. The van der Waals surface area contributed by atoms with Crippen LogP contribution in [0, 0.1) is 6.92 Å². The highest BCUT2D eigenvalue weighted by Gasteiger charge is 2.21. The van der Waals surface area contributed by atoms with E-state index in [0.29, 0.717) is 18.7 Å². The van der Waals surface area contributed by atoms with Crippen molar-refractivity contribution < 1.29 is 14.3 Å². The molecule has 5 rings (SSSR count). The molecular weight excluding hydrogens is 506 g/mol. The lowest BCUT2D eigenvalue weighted by Crippen LogP contribution is -2.25. The van der Waals surface area contributed by atoms with Gasteiger partial charge in [0, 0.05) is 29.7 Å². The first-order valence-corrected chi connectivity index (χ1v) is 14.3. The number of carbonyl (C=O) groups excluding carboxylic acids is 1. The number of carbonyl (C=O) groups is 1. The maximum absolute atomic E-state index is 13.3. The Hall–Kier alpha value is -3.84. The van der Waals surface area contributed by atoms with Crippen LogP contribution in [-0.4, -0.2) is 36.2 Å². The van der Waals surface area contributed by atoms with E-state index >= 15 is 0 Å². The van der Waals surface area contributed by atoms with Crippen LogP contribution in [0.5, 0.6) is 11.5 Å². The number of hydrogen-bond donors (Lipinski definition) is 1. The Labute approximate surface area is 234 Å². The lowest BCUT2D eigenvalue weighted by Gasteiger charge is -2.13. The van der Waals surface area contributed by atoms with Gasteiger partial charge in [-0.25, -0.2) is 4.98 Å². The average molecular weight is 542 g/mol. The van der Waals surface area contributed by atoms with Gasteiger partial charge in [0.1, 0.15) is 16.5 Å². The van der Waals surface area contributed by atoms with Gasteiger partial charge in [0.05, 0.1) is 31.2 Å². The van der Waals surface area contributed by atoms with Gasteiger partial charge in [-0.05, 0) is 87.1 Å². The number of aromatic nitrogens is 2. The summed E-state index contributed by atoms with van der Waals surface area (Å²) in [4.78, 5) is 18.3. The molecule has 0 aliphatic heterocycles. The molecule has 6 nitrogen and oxygen atoms in total. The topological polar surface area (TPSA) is 65.4 Å². The number of methoxy groups -OCH3 is 2. The molecule has 0 saturated carbocycles. The van der Waals surface area contributed by atoms with Gasteiger partial charge in [-0.1, -0.05) is 23.8 Å². The molecule has 0 spiro atoms. The van der Waals surface area contributed by atoms with E-state index in [4.69, 9.17) is 14.5 Å². The smallest absolute Gasteiger partial charge is 0.253 e. The predicted octanol–water partition coefficient (Wildman–Crippen LogP) is 7.27. The molecule has 2 heterocycles. The molecule has 1 amide bonds. The van der Waals surface area contributed by atoms with Crippen molar-refractivity contribution in [2.24, 2.45) is 0 Å². The number of nitrogens with zero attached hydrogens (tertiary/aromatic N) is 2. The molecule has 1 aliphatic rings. The second-order valence-electron chi connectivity index (χ2n) is 9.84. The van der Waals surface area contributed by atoms with Crippen molar-refractivity contribution in [3.8, 4) is 33.5 Å². The third-order valence-corrected chi connectivity index (χ3v) is 8.22. The summed E-state index contributed by atoms with van der Waals surface area (Å²) in [6.45, 7) is 3.30. The Morgan fingerprint density at radius 3 is 2.41 bits per heavy atom. The van der Waals surface area contributed by atoms with Gasteiger partial charge < -0.3 is 19.4 Å². The highest BCUT2D eigenvalue weighted by atomic mass is 32.1. The number of allylic oxidation sites excluding steroid dienone is 1. The maximum Gasteiger partial charge on any atom is 0.253 e. The molecule has 0 radical (unpaired) electrons. The zero-order chi connectivity index (χ0) is 27.2. The Morgan fingerprint density at radius 1 is 1.03 bits per heavy atom. The lowest BCUT2D eigenvalue weighted by molar-refractivity contribution is 0.0953. The second-order valence-corrected chi connectivity index (χ2v) is 10.7. The summed E-state index contributed by atoms with van der Waals surface area (Å²) in [6, 6.07) is 18.0. The van der Waals surface area contributed by atoms with Crippen molar-refractivity contribution in [1.29, 1.82) is 0 Å². The first-order valence-electron chi connectivity index (χ1n) is 13.4. The summed E-state index contributed by atoms with van der Waals surface area (Å²) in [5.41, 5.74) is 7.02. The zero-order valence-corrected chi connectivity index (χ0v) is 23.6. The summed E-state index contributed by atoms with van der Waals surface area (Å²) in [6.07, 6.45) is 8.09. The second kappa shape index (κ2) is 12.3. The van der Waals surface area contributed by atoms with Crippen molar-refractivity contribution in [1.82, 2.24) is 14.9 Å². The van der Waals surface area contributed by atoms with Gasteiger partial charge in [0.2, 0.25) is 0 Å². The SMILES string of the molecule is COc1ccc(Cn2c(-c3csc(-c4ccc(OC)cc4)n3)cc(C(=O)NCCC3=CCCCC3)c2C)cc1. The van der Waals surface area contributed by atoms with E-state index in [2.05, 4.69) is 33.5 Å². The quantitative estimate of drug-likeness (QED) is 0.214. The fourth-order valence-electron chi connectivity index (χ4n) is 5.03. The zero-order valence-electron chi connectivity index (χ0n) is 22.8. The molecule has 202 valence electrons. The molecule has 4 aromatic rings. The largest absolute Gasteiger partial charge is 0.497 e. The minimum Gasteiger partial charge on any atom is -0.497 e. The summed E-state index contributed by atoms with van der Waals surface area (Å²) in [5, 5.41) is 6.15. The normalized spacial score (nSPS) is 13.2. The third-order valence-electron chi connectivity index (χ3n) is 7.33. The molecule has 1 aliphatic carbocycles. The predicted molar refractivity (Wildman–Crippen MR) is 158 cm³/mol. The number of nitrogens with one attached hydrogen (secondary N) is 1. The molecule has 0 unspecified atom stereocenters. The van der Waals surface area contributed by atoms with Crippen molar-refractivity contribution in [3.05, 3.63) is 88.4 Å². The van der Waals surface area contributed by atoms with Crippen LogP contribution in [0.15, 0.2) is 71.6 Å². The highest BCUT2D eigenvalue weighted by molar-refractivity contribution is 7.13. The number of rotatable bonds is 10. The van der Waals surface area contributed by atoms with E-state index in [-0.39, 0.29) is 5.91 Å². The fraction of sp³-hybridized carbons (Fsp3) is 0.312. The van der Waals surface area contributed by atoms with E-state index in [9.17, 15) is 4.79 Å². The van der Waals surface area contributed by atoms with Crippen LogP contribution in [-0.2, 0) is 6.54 Å². The minimum atomic E-state index is -0.0377. The van der Waals surface area contributed by atoms with E-state index in [1.54, 1.807) is 25.6 Å². The van der Waals surface area contributed by atoms with Crippen LogP contribution in [0.2, 0.25) is 0 Å². The number of ether oxygens (including phenoxy) is 2. The van der Waals surface area contributed by atoms with E-state index < -0.39 is 0 Å². The number of amides is 1. The molecular formula is C32H35N3O3S. The van der Waals surface area contributed by atoms with Crippen molar-refractivity contribution in [2.75, 3.05) is 20.8 Å². The van der Waals surface area contributed by atoms with Gasteiger partial charge in [-0.15, -0.1) is 11.3 Å². The van der Waals surface area contributed by atoms with Crippen LogP contribution in [0.4, 0.5) is 0 Å². The van der Waals surface area contributed by atoms with E-state index in [0.717, 1.165) is 64.0 Å². The molecule has 0 bridgehead atoms. The molecule has 39 heavy (non-hydrogen) atoms. The van der Waals surface area contributed by atoms with Crippen molar-refractivity contribution in [3.63, 3.8) is 0 Å². The van der Waals surface area contributed by atoms with E-state index in [1.165, 1.54) is 18.4 Å². The third kappa shape index (κ3) is 6.25. The van der Waals surface area contributed by atoms with Crippen molar-refractivity contribution in [2.45, 2.75) is 45.6 Å². The van der Waals surface area contributed by atoms with Gasteiger partial charge in [-0.3, -0.25) is 4.79 Å². The monoisotopic (exact) mass is 541 g/mol. The first kappa shape index (κ1) is 26.8. The Balaban J connectivity index is 1.43. The van der Waals surface area contributed by atoms with Crippen LogP contribution >= 0.6 is 11.3 Å². The molecule has 0 fully saturated rings. The van der Waals surface area contributed by atoms with Crippen LogP contribution < -0.4 is 14.8 Å². The fourth-order valence-corrected chi connectivity index (χ4v) is 5.85. The van der Waals surface area contributed by atoms with Crippen LogP contribution in [0.3, 0.4) is 0 Å². The van der Waals surface area contributed by atoms with E-state index in [1.807, 2.05) is 49.4 Å².